The number of carbonyl (C=O) groups is 2. The lowest BCUT2D eigenvalue weighted by Crippen LogP contribution is -2.41. The van der Waals surface area contributed by atoms with Crippen LogP contribution >= 0.6 is 0 Å². The Labute approximate surface area is 110 Å². The van der Waals surface area contributed by atoms with Crippen LogP contribution in [0.2, 0.25) is 0 Å². The van der Waals surface area contributed by atoms with Gasteiger partial charge in [0.25, 0.3) is 0 Å². The van der Waals surface area contributed by atoms with Gasteiger partial charge in [-0.05, 0) is 19.4 Å². The van der Waals surface area contributed by atoms with E-state index in [0.29, 0.717) is 12.0 Å². The molecular formula is C13H15FN2O3. The van der Waals surface area contributed by atoms with E-state index in [1.165, 1.54) is 18.2 Å². The number of esters is 1. The molecular weight excluding hydrogens is 251 g/mol. The summed E-state index contributed by atoms with van der Waals surface area (Å²) in [5.41, 5.74) is 0.298. The number of hydrogen-bond donors (Lipinski definition) is 0. The van der Waals surface area contributed by atoms with E-state index < -0.39 is 24.0 Å². The lowest BCUT2D eigenvalue weighted by atomic mass is 10.1. The van der Waals surface area contributed by atoms with Crippen LogP contribution in [0, 0.1) is 5.95 Å². The van der Waals surface area contributed by atoms with Crippen molar-refractivity contribution in [3.63, 3.8) is 0 Å². The predicted molar refractivity (Wildman–Crippen MR) is 64.5 cm³/mol. The normalized spacial score (nSPS) is 20.5. The van der Waals surface area contributed by atoms with Crippen molar-refractivity contribution < 1.29 is 18.7 Å². The summed E-state index contributed by atoms with van der Waals surface area (Å²) in [6.07, 6.45) is 2.01. The molecule has 1 aromatic heterocycles. The molecule has 1 fully saturated rings. The first-order valence-corrected chi connectivity index (χ1v) is 6.05. The molecule has 1 aliphatic heterocycles. The molecule has 2 rings (SSSR count). The highest BCUT2D eigenvalue weighted by Gasteiger charge is 2.40. The van der Waals surface area contributed by atoms with Crippen LogP contribution in [0.5, 0.6) is 0 Å². The van der Waals surface area contributed by atoms with Crippen LogP contribution in [0.3, 0.4) is 0 Å². The third-order valence-corrected chi connectivity index (χ3v) is 3.38. The minimum absolute atomic E-state index is 0.175. The zero-order valence-corrected chi connectivity index (χ0v) is 10.8. The average Bonchev–Trinajstić information content (AvgIpc) is 2.79. The van der Waals surface area contributed by atoms with Crippen molar-refractivity contribution in [2.24, 2.45) is 0 Å². The molecule has 0 aliphatic carbocycles. The summed E-state index contributed by atoms with van der Waals surface area (Å²) in [4.78, 5) is 28.5. The molecule has 6 heteroatoms. The highest BCUT2D eigenvalue weighted by molar-refractivity contribution is 5.88. The smallest absolute Gasteiger partial charge is 0.328 e. The maximum Gasteiger partial charge on any atom is 0.328 e. The molecule has 1 aliphatic rings. The molecule has 0 aromatic carbocycles. The van der Waals surface area contributed by atoms with E-state index in [-0.39, 0.29) is 12.3 Å². The van der Waals surface area contributed by atoms with E-state index in [0.717, 1.165) is 0 Å². The average molecular weight is 266 g/mol. The van der Waals surface area contributed by atoms with Gasteiger partial charge in [0, 0.05) is 18.2 Å². The highest BCUT2D eigenvalue weighted by Crippen LogP contribution is 2.31. The zero-order chi connectivity index (χ0) is 14.0. The third-order valence-electron chi connectivity index (χ3n) is 3.38. The summed E-state index contributed by atoms with van der Waals surface area (Å²) < 4.78 is 18.4. The molecule has 0 spiro atoms. The minimum atomic E-state index is -0.646. The Hall–Kier alpha value is -1.98. The second-order valence-electron chi connectivity index (χ2n) is 4.44. The lowest BCUT2D eigenvalue weighted by Gasteiger charge is -2.29. The number of nitrogens with zero attached hydrogens (tertiary/aromatic N) is 2. The monoisotopic (exact) mass is 266 g/mol. The number of methoxy groups -OCH3 is 1. The first kappa shape index (κ1) is 13.5. The van der Waals surface area contributed by atoms with Gasteiger partial charge in [0.1, 0.15) is 6.04 Å². The Balaban J connectivity index is 2.30. The number of likely N-dealkylation sites (tertiary alicyclic amines) is 1. The van der Waals surface area contributed by atoms with Gasteiger partial charge in [0.2, 0.25) is 11.9 Å². The second-order valence-corrected chi connectivity index (χ2v) is 4.44. The van der Waals surface area contributed by atoms with Crippen LogP contribution in [0.1, 0.15) is 31.4 Å². The molecule has 102 valence electrons. The standard InChI is InChI=1S/C13H15FN2O3/c1-8(9-4-3-7-15-12(9)14)16-10(13(18)19-2)5-6-11(16)17/h3-4,7-8,10H,5-6H2,1-2H3. The molecule has 19 heavy (non-hydrogen) atoms. The second kappa shape index (κ2) is 5.34. The molecule has 2 heterocycles. The van der Waals surface area contributed by atoms with E-state index in [9.17, 15) is 14.0 Å². The lowest BCUT2D eigenvalue weighted by molar-refractivity contribution is -0.150. The first-order valence-electron chi connectivity index (χ1n) is 6.05. The molecule has 0 radical (unpaired) electrons. The van der Waals surface area contributed by atoms with E-state index >= 15 is 0 Å². The molecule has 0 bridgehead atoms. The maximum atomic E-state index is 13.7. The van der Waals surface area contributed by atoms with Gasteiger partial charge in [-0.2, -0.15) is 4.39 Å². The van der Waals surface area contributed by atoms with Gasteiger partial charge in [-0.1, -0.05) is 6.07 Å². The number of carbonyl (C=O) groups excluding carboxylic acids is 2. The van der Waals surface area contributed by atoms with Crippen LogP contribution < -0.4 is 0 Å². The highest BCUT2D eigenvalue weighted by atomic mass is 19.1. The fourth-order valence-electron chi connectivity index (χ4n) is 2.42. The summed E-state index contributed by atoms with van der Waals surface area (Å²) in [7, 11) is 1.28. The summed E-state index contributed by atoms with van der Waals surface area (Å²) in [5.74, 6) is -1.27. The fourth-order valence-corrected chi connectivity index (χ4v) is 2.42. The summed E-state index contributed by atoms with van der Waals surface area (Å²) in [6, 6.07) is 1.97. The molecule has 0 N–H and O–H groups in total. The summed E-state index contributed by atoms with van der Waals surface area (Å²) in [5, 5.41) is 0. The van der Waals surface area contributed by atoms with Crippen molar-refractivity contribution in [2.75, 3.05) is 7.11 Å². The largest absolute Gasteiger partial charge is 0.467 e. The molecule has 0 saturated carbocycles. The number of hydrogen-bond acceptors (Lipinski definition) is 4. The van der Waals surface area contributed by atoms with Gasteiger partial charge in [-0.25, -0.2) is 9.78 Å². The van der Waals surface area contributed by atoms with Crippen LogP contribution in [-0.4, -0.2) is 34.9 Å². The van der Waals surface area contributed by atoms with Crippen molar-refractivity contribution in [3.8, 4) is 0 Å². The van der Waals surface area contributed by atoms with E-state index in [1.54, 1.807) is 19.1 Å². The Morgan fingerprint density at radius 2 is 2.37 bits per heavy atom. The molecule has 2 unspecified atom stereocenters. The van der Waals surface area contributed by atoms with Gasteiger partial charge in [-0.15, -0.1) is 0 Å². The predicted octanol–water partition coefficient (Wildman–Crippen LogP) is 1.45. The minimum Gasteiger partial charge on any atom is -0.467 e. The third kappa shape index (κ3) is 2.43. The maximum absolute atomic E-state index is 13.7. The SMILES string of the molecule is COC(=O)C1CCC(=O)N1C(C)c1cccnc1F. The van der Waals surface area contributed by atoms with Gasteiger partial charge in [0.05, 0.1) is 13.2 Å². The first-order chi connectivity index (χ1) is 9.06. The van der Waals surface area contributed by atoms with E-state index in [4.69, 9.17) is 0 Å². The van der Waals surface area contributed by atoms with Crippen LogP contribution in [-0.2, 0) is 14.3 Å². The molecule has 1 aromatic rings. The fraction of sp³-hybridized carbons (Fsp3) is 0.462. The van der Waals surface area contributed by atoms with Gasteiger partial charge in [0.15, 0.2) is 0 Å². The zero-order valence-electron chi connectivity index (χ0n) is 10.8. The van der Waals surface area contributed by atoms with Crippen LogP contribution in [0.15, 0.2) is 18.3 Å². The molecule has 2 atom stereocenters. The van der Waals surface area contributed by atoms with Crippen LogP contribution in [0.25, 0.3) is 0 Å². The number of halogens is 1. The molecule has 1 saturated heterocycles. The quantitative estimate of drug-likeness (QED) is 0.613. The number of rotatable bonds is 3. The van der Waals surface area contributed by atoms with E-state index in [2.05, 4.69) is 9.72 Å². The van der Waals surface area contributed by atoms with Crippen molar-refractivity contribution in [1.29, 1.82) is 0 Å². The van der Waals surface area contributed by atoms with Gasteiger partial charge >= 0.3 is 5.97 Å². The molecule has 5 nitrogen and oxygen atoms in total. The van der Waals surface area contributed by atoms with Gasteiger partial charge < -0.3 is 9.64 Å². The number of ether oxygens (including phenoxy) is 1. The molecule has 1 amide bonds. The Morgan fingerprint density at radius 3 is 3.00 bits per heavy atom. The Morgan fingerprint density at radius 1 is 1.63 bits per heavy atom. The Kier molecular flexibility index (Phi) is 3.78. The number of pyridine rings is 1. The van der Waals surface area contributed by atoms with Crippen LogP contribution in [0.4, 0.5) is 4.39 Å². The van der Waals surface area contributed by atoms with Gasteiger partial charge in [-0.3, -0.25) is 4.79 Å². The summed E-state index contributed by atoms with van der Waals surface area (Å²) >= 11 is 0. The Bertz CT molecular complexity index is 506. The number of amides is 1. The number of aromatic nitrogens is 1. The van der Waals surface area contributed by atoms with Crippen molar-refractivity contribution in [3.05, 3.63) is 29.8 Å². The topological polar surface area (TPSA) is 59.5 Å². The summed E-state index contributed by atoms with van der Waals surface area (Å²) in [6.45, 7) is 1.68. The van der Waals surface area contributed by atoms with Crippen molar-refractivity contribution in [2.45, 2.75) is 31.8 Å². The van der Waals surface area contributed by atoms with Crippen molar-refractivity contribution >= 4 is 11.9 Å². The van der Waals surface area contributed by atoms with E-state index in [1.807, 2.05) is 0 Å². The van der Waals surface area contributed by atoms with Crippen molar-refractivity contribution in [1.82, 2.24) is 9.88 Å².